The summed E-state index contributed by atoms with van der Waals surface area (Å²) in [5.41, 5.74) is 0.615. The van der Waals surface area contributed by atoms with Crippen molar-refractivity contribution in [2.24, 2.45) is 0 Å². The molecule has 0 bridgehead atoms. The van der Waals surface area contributed by atoms with Crippen molar-refractivity contribution in [1.82, 2.24) is 0 Å². The molecule has 0 amide bonds. The number of hydrogen-bond acceptors (Lipinski definition) is 6. The maximum absolute atomic E-state index is 12.9. The Morgan fingerprint density at radius 3 is 1.82 bits per heavy atom. The molecular formula is C24H33NaO6S2. The van der Waals surface area contributed by atoms with Crippen molar-refractivity contribution in [2.75, 3.05) is 6.61 Å². The normalized spacial score (nSPS) is 11.8. The van der Waals surface area contributed by atoms with Crippen LogP contribution in [0.5, 0.6) is 0 Å². The summed E-state index contributed by atoms with van der Waals surface area (Å²) < 4.78 is 66.3. The van der Waals surface area contributed by atoms with E-state index in [4.69, 9.17) is 4.18 Å². The van der Waals surface area contributed by atoms with Gasteiger partial charge >= 0.3 is 29.6 Å². The van der Waals surface area contributed by atoms with E-state index >= 15 is 0 Å². The molecule has 0 N–H and O–H groups in total. The minimum absolute atomic E-state index is 0. The standard InChI is InChI=1S/C24H34O6S2.Na/c1-2-3-4-5-6-7-8-9-10-14-20-30-32(28,29)24-22(21-16-12-11-13-17-21)18-15-19-23(24)31(25,26)27;/h11-13,15-19H,2-10,14,20H2,1H3,(H,25,26,27);/q;+1/p-1. The molecule has 0 saturated carbocycles. The maximum atomic E-state index is 12.9. The summed E-state index contributed by atoms with van der Waals surface area (Å²) in [7, 11) is -9.45. The molecule has 0 unspecified atom stereocenters. The molecule has 9 heteroatoms. The van der Waals surface area contributed by atoms with Gasteiger partial charge in [-0.1, -0.05) is 107 Å². The number of benzene rings is 2. The predicted octanol–water partition coefficient (Wildman–Crippen LogP) is 2.89. The van der Waals surface area contributed by atoms with Gasteiger partial charge < -0.3 is 4.55 Å². The summed E-state index contributed by atoms with van der Waals surface area (Å²) in [6.45, 7) is 2.14. The van der Waals surface area contributed by atoms with Crippen LogP contribution in [0.3, 0.4) is 0 Å². The minimum Gasteiger partial charge on any atom is -0.744 e. The summed E-state index contributed by atoms with van der Waals surface area (Å²) in [5, 5.41) is 0. The smallest absolute Gasteiger partial charge is 0.744 e. The molecule has 2 aromatic carbocycles. The van der Waals surface area contributed by atoms with E-state index in [0.29, 0.717) is 12.0 Å². The van der Waals surface area contributed by atoms with Gasteiger partial charge in [0.25, 0.3) is 10.1 Å². The van der Waals surface area contributed by atoms with Gasteiger partial charge in [-0.3, -0.25) is 4.18 Å². The van der Waals surface area contributed by atoms with Gasteiger partial charge in [0.15, 0.2) is 0 Å². The third kappa shape index (κ3) is 10.2. The number of unbranched alkanes of at least 4 members (excludes halogenated alkanes) is 9. The van der Waals surface area contributed by atoms with Crippen LogP contribution in [0.25, 0.3) is 11.1 Å². The van der Waals surface area contributed by atoms with E-state index in [9.17, 15) is 21.4 Å². The molecule has 0 spiro atoms. The van der Waals surface area contributed by atoms with Crippen LogP contribution < -0.4 is 29.6 Å². The van der Waals surface area contributed by atoms with E-state index in [0.717, 1.165) is 25.3 Å². The van der Waals surface area contributed by atoms with Crippen molar-refractivity contribution in [2.45, 2.75) is 80.9 Å². The van der Waals surface area contributed by atoms with Crippen LogP contribution >= 0.6 is 0 Å². The number of hydrogen-bond donors (Lipinski definition) is 0. The minimum atomic E-state index is -5.01. The van der Waals surface area contributed by atoms with E-state index in [1.54, 1.807) is 30.3 Å². The predicted molar refractivity (Wildman–Crippen MR) is 125 cm³/mol. The summed E-state index contributed by atoms with van der Waals surface area (Å²) in [5.74, 6) is 0. The summed E-state index contributed by atoms with van der Waals surface area (Å²) in [4.78, 5) is -1.38. The summed E-state index contributed by atoms with van der Waals surface area (Å²) in [6.07, 6.45) is 11.0. The van der Waals surface area contributed by atoms with Crippen LogP contribution in [-0.4, -0.2) is 28.0 Å². The average Bonchev–Trinajstić information content (AvgIpc) is 2.77. The first-order chi connectivity index (χ1) is 15.3. The average molecular weight is 505 g/mol. The molecule has 2 aromatic rings. The fourth-order valence-electron chi connectivity index (χ4n) is 3.63. The quantitative estimate of drug-likeness (QED) is 0.160. The van der Waals surface area contributed by atoms with Gasteiger partial charge in [0, 0.05) is 5.56 Å². The van der Waals surface area contributed by atoms with Crippen LogP contribution in [0.4, 0.5) is 0 Å². The van der Waals surface area contributed by atoms with Crippen LogP contribution in [0, 0.1) is 0 Å². The second-order valence-corrected chi connectivity index (χ2v) is 10.8. The Hall–Kier alpha value is -0.740. The first kappa shape index (κ1) is 30.3. The van der Waals surface area contributed by atoms with Gasteiger partial charge in [0.1, 0.15) is 15.0 Å². The Bertz CT molecular complexity index is 1040. The Kier molecular flexibility index (Phi) is 14.0. The van der Waals surface area contributed by atoms with Gasteiger partial charge in [-0.25, -0.2) is 8.42 Å². The Labute approximate surface area is 221 Å². The van der Waals surface area contributed by atoms with E-state index in [1.807, 2.05) is 0 Å². The molecule has 0 saturated heterocycles. The van der Waals surface area contributed by atoms with Crippen molar-refractivity contribution < 1.29 is 55.1 Å². The molecule has 2 rings (SSSR count). The summed E-state index contributed by atoms with van der Waals surface area (Å²) >= 11 is 0. The monoisotopic (exact) mass is 504 g/mol. The van der Waals surface area contributed by atoms with Gasteiger partial charge in [0.05, 0.1) is 11.5 Å². The zero-order chi connectivity index (χ0) is 23.5. The van der Waals surface area contributed by atoms with Crippen LogP contribution in [0.15, 0.2) is 58.3 Å². The molecule has 0 heterocycles. The van der Waals surface area contributed by atoms with E-state index in [2.05, 4.69) is 6.92 Å². The second-order valence-electron chi connectivity index (χ2n) is 7.91. The van der Waals surface area contributed by atoms with Gasteiger partial charge in [-0.2, -0.15) is 8.42 Å². The number of rotatable bonds is 15. The molecule has 0 aliphatic heterocycles. The third-order valence-electron chi connectivity index (χ3n) is 5.32. The molecular weight excluding hydrogens is 471 g/mol. The van der Waals surface area contributed by atoms with Crippen LogP contribution in [0.2, 0.25) is 0 Å². The second kappa shape index (κ2) is 15.3. The molecule has 6 nitrogen and oxygen atoms in total. The van der Waals surface area contributed by atoms with Crippen LogP contribution in [0.1, 0.15) is 71.1 Å². The van der Waals surface area contributed by atoms with E-state index < -0.39 is 30.0 Å². The Morgan fingerprint density at radius 2 is 1.27 bits per heavy atom. The first-order valence-electron chi connectivity index (χ1n) is 11.3. The molecule has 0 fully saturated rings. The fourth-order valence-corrected chi connectivity index (χ4v) is 6.05. The van der Waals surface area contributed by atoms with Crippen molar-refractivity contribution >= 4 is 20.2 Å². The molecule has 0 aromatic heterocycles. The van der Waals surface area contributed by atoms with Gasteiger partial charge in [0.2, 0.25) is 0 Å². The molecule has 0 aliphatic carbocycles. The molecule has 0 radical (unpaired) electrons. The zero-order valence-electron chi connectivity index (χ0n) is 19.7. The molecule has 0 atom stereocenters. The van der Waals surface area contributed by atoms with Crippen molar-refractivity contribution in [3.8, 4) is 11.1 Å². The topological polar surface area (TPSA) is 101 Å². The Balaban J connectivity index is 0.00000544. The first-order valence-corrected chi connectivity index (χ1v) is 14.1. The Morgan fingerprint density at radius 1 is 0.727 bits per heavy atom. The van der Waals surface area contributed by atoms with E-state index in [1.165, 1.54) is 50.7 Å². The molecule has 33 heavy (non-hydrogen) atoms. The zero-order valence-corrected chi connectivity index (χ0v) is 23.3. The van der Waals surface area contributed by atoms with Crippen molar-refractivity contribution in [3.05, 3.63) is 48.5 Å². The maximum Gasteiger partial charge on any atom is 1.00 e. The van der Waals surface area contributed by atoms with Crippen LogP contribution in [-0.2, 0) is 24.4 Å². The van der Waals surface area contributed by atoms with Crippen molar-refractivity contribution in [1.29, 1.82) is 0 Å². The third-order valence-corrected chi connectivity index (χ3v) is 7.74. The molecule has 0 aliphatic rings. The summed E-state index contributed by atoms with van der Waals surface area (Å²) in [6, 6.07) is 12.3. The van der Waals surface area contributed by atoms with Crippen molar-refractivity contribution in [3.63, 3.8) is 0 Å². The van der Waals surface area contributed by atoms with Gasteiger partial charge in [-0.15, -0.1) is 0 Å². The van der Waals surface area contributed by atoms with Gasteiger partial charge in [-0.05, 0) is 18.1 Å². The molecule has 178 valence electrons. The fraction of sp³-hybridized carbons (Fsp3) is 0.500. The SMILES string of the molecule is CCCCCCCCCCCCOS(=O)(=O)c1c(-c2ccccc2)cccc1S(=O)(=O)[O-].[Na+]. The van der Waals surface area contributed by atoms with E-state index in [-0.39, 0.29) is 41.7 Å². The largest absolute Gasteiger partial charge is 1.00 e.